The molecule has 2 N–H and O–H groups in total. The zero-order valence-electron chi connectivity index (χ0n) is 12.6. The fourth-order valence-electron chi connectivity index (χ4n) is 2.44. The number of aliphatic hydroxyl groups excluding tert-OH is 1. The number of halogens is 1. The summed E-state index contributed by atoms with van der Waals surface area (Å²) in [5, 5.41) is 17.4. The number of nitrogens with zero attached hydrogens (tertiary/aromatic N) is 2. The van der Waals surface area contributed by atoms with Crippen LogP contribution in [0.1, 0.15) is 17.2 Å². The topological polar surface area (TPSA) is 50.1 Å². The fraction of sp³-hybridized carbons (Fsp3) is 0.167. The summed E-state index contributed by atoms with van der Waals surface area (Å²) in [6.45, 7) is 0.869. The van der Waals surface area contributed by atoms with Crippen molar-refractivity contribution >= 4 is 0 Å². The van der Waals surface area contributed by atoms with Gasteiger partial charge in [0.2, 0.25) is 0 Å². The minimum atomic E-state index is -0.870. The Balaban J connectivity index is 1.59. The van der Waals surface area contributed by atoms with Crippen molar-refractivity contribution in [3.05, 3.63) is 83.9 Å². The van der Waals surface area contributed by atoms with E-state index in [0.717, 1.165) is 11.3 Å². The van der Waals surface area contributed by atoms with Crippen LogP contribution in [0, 0.1) is 5.82 Å². The summed E-state index contributed by atoms with van der Waals surface area (Å²) in [6.07, 6.45) is 2.75. The van der Waals surface area contributed by atoms with E-state index < -0.39 is 6.10 Å². The van der Waals surface area contributed by atoms with E-state index in [0.29, 0.717) is 12.1 Å². The van der Waals surface area contributed by atoms with E-state index in [1.165, 1.54) is 6.07 Å². The molecular formula is C18H18FN3O. The third-order valence-electron chi connectivity index (χ3n) is 3.61. The third-order valence-corrected chi connectivity index (χ3v) is 3.61. The molecule has 0 aliphatic rings. The summed E-state index contributed by atoms with van der Waals surface area (Å²) in [5.41, 5.74) is 2.35. The first-order chi connectivity index (χ1) is 11.2. The monoisotopic (exact) mass is 311 g/mol. The Morgan fingerprint density at radius 2 is 2.00 bits per heavy atom. The Hall–Kier alpha value is -2.50. The highest BCUT2D eigenvalue weighted by molar-refractivity contribution is 5.35. The van der Waals surface area contributed by atoms with Gasteiger partial charge in [-0.25, -0.2) is 9.07 Å². The zero-order valence-corrected chi connectivity index (χ0v) is 12.6. The number of benzene rings is 2. The highest BCUT2D eigenvalue weighted by atomic mass is 19.1. The van der Waals surface area contributed by atoms with Crippen LogP contribution in [-0.4, -0.2) is 21.4 Å². The maximum atomic E-state index is 13.6. The lowest BCUT2D eigenvalue weighted by atomic mass is 10.1. The molecule has 1 unspecified atom stereocenters. The number of aliphatic hydroxyl groups is 1. The average molecular weight is 311 g/mol. The summed E-state index contributed by atoms with van der Waals surface area (Å²) in [4.78, 5) is 0. The van der Waals surface area contributed by atoms with Crippen molar-refractivity contribution in [1.29, 1.82) is 0 Å². The Bertz CT molecular complexity index is 758. The number of hydrogen-bond donors (Lipinski definition) is 2. The smallest absolute Gasteiger partial charge is 0.129 e. The van der Waals surface area contributed by atoms with Crippen LogP contribution >= 0.6 is 0 Å². The van der Waals surface area contributed by atoms with Gasteiger partial charge in [0.05, 0.1) is 11.8 Å². The lowest BCUT2D eigenvalue weighted by Gasteiger charge is -2.13. The quantitative estimate of drug-likeness (QED) is 0.736. The molecule has 0 bridgehead atoms. The lowest BCUT2D eigenvalue weighted by molar-refractivity contribution is 0.169. The number of aromatic nitrogens is 2. The van der Waals surface area contributed by atoms with Gasteiger partial charge in [0.1, 0.15) is 5.82 Å². The Labute approximate surface area is 134 Å². The molecule has 0 aliphatic carbocycles. The van der Waals surface area contributed by atoms with E-state index in [2.05, 4.69) is 10.4 Å². The Morgan fingerprint density at radius 1 is 1.13 bits per heavy atom. The average Bonchev–Trinajstić information content (AvgIpc) is 3.10. The molecule has 0 saturated carbocycles. The molecule has 0 aliphatic heterocycles. The van der Waals surface area contributed by atoms with E-state index in [-0.39, 0.29) is 12.4 Å². The second-order valence-corrected chi connectivity index (χ2v) is 5.29. The van der Waals surface area contributed by atoms with Crippen LogP contribution in [0.5, 0.6) is 0 Å². The van der Waals surface area contributed by atoms with E-state index in [4.69, 9.17) is 0 Å². The Morgan fingerprint density at radius 3 is 2.78 bits per heavy atom. The van der Waals surface area contributed by atoms with Gasteiger partial charge in [0.25, 0.3) is 0 Å². The van der Waals surface area contributed by atoms with Gasteiger partial charge in [-0.2, -0.15) is 5.10 Å². The molecule has 0 saturated heterocycles. The molecule has 0 amide bonds. The van der Waals surface area contributed by atoms with E-state index in [9.17, 15) is 9.50 Å². The molecule has 1 aromatic heterocycles. The first kappa shape index (κ1) is 15.4. The van der Waals surface area contributed by atoms with Gasteiger partial charge >= 0.3 is 0 Å². The summed E-state index contributed by atoms with van der Waals surface area (Å²) >= 11 is 0. The summed E-state index contributed by atoms with van der Waals surface area (Å²) in [6, 6.07) is 16.1. The summed E-state index contributed by atoms with van der Waals surface area (Å²) in [7, 11) is 0. The minimum Gasteiger partial charge on any atom is -0.387 e. The molecular weight excluding hydrogens is 293 g/mol. The van der Waals surface area contributed by atoms with E-state index in [1.807, 2.05) is 36.5 Å². The molecule has 1 heterocycles. The second-order valence-electron chi connectivity index (χ2n) is 5.29. The van der Waals surface area contributed by atoms with Gasteiger partial charge in [0.15, 0.2) is 0 Å². The molecule has 1 atom stereocenters. The third kappa shape index (κ3) is 3.83. The number of rotatable bonds is 6. The highest BCUT2D eigenvalue weighted by Crippen LogP contribution is 2.16. The number of hydrogen-bond acceptors (Lipinski definition) is 3. The van der Waals surface area contributed by atoms with Gasteiger partial charge < -0.3 is 10.4 Å². The first-order valence-electron chi connectivity index (χ1n) is 7.46. The van der Waals surface area contributed by atoms with Crippen LogP contribution < -0.4 is 5.32 Å². The largest absolute Gasteiger partial charge is 0.387 e. The molecule has 5 heteroatoms. The van der Waals surface area contributed by atoms with Crippen LogP contribution in [0.3, 0.4) is 0 Å². The summed E-state index contributed by atoms with van der Waals surface area (Å²) in [5.74, 6) is -0.387. The molecule has 4 nitrogen and oxygen atoms in total. The van der Waals surface area contributed by atoms with Gasteiger partial charge in [-0.3, -0.25) is 0 Å². The van der Waals surface area contributed by atoms with E-state index in [1.54, 1.807) is 29.1 Å². The van der Waals surface area contributed by atoms with E-state index >= 15 is 0 Å². The standard InChI is InChI=1S/C18H18FN3O/c19-17-8-2-1-7-16(17)18(23)13-20-12-14-5-3-6-15(11-14)22-10-4-9-21-22/h1-11,18,20,23H,12-13H2. The van der Waals surface area contributed by atoms with Crippen molar-refractivity contribution in [2.24, 2.45) is 0 Å². The van der Waals surface area contributed by atoms with Gasteiger partial charge in [0, 0.05) is 31.0 Å². The maximum absolute atomic E-state index is 13.6. The molecule has 118 valence electrons. The predicted molar refractivity (Wildman–Crippen MR) is 86.6 cm³/mol. The van der Waals surface area contributed by atoms with Crippen LogP contribution in [0.2, 0.25) is 0 Å². The molecule has 23 heavy (non-hydrogen) atoms. The molecule has 0 fully saturated rings. The highest BCUT2D eigenvalue weighted by Gasteiger charge is 2.11. The molecule has 0 radical (unpaired) electrons. The van der Waals surface area contributed by atoms with Crippen molar-refractivity contribution in [2.45, 2.75) is 12.6 Å². The van der Waals surface area contributed by atoms with Crippen LogP contribution in [0.4, 0.5) is 4.39 Å². The summed E-state index contributed by atoms with van der Waals surface area (Å²) < 4.78 is 15.4. The Kier molecular flexibility index (Phi) is 4.80. The van der Waals surface area contributed by atoms with Gasteiger partial charge in [-0.05, 0) is 29.8 Å². The lowest BCUT2D eigenvalue weighted by Crippen LogP contribution is -2.21. The predicted octanol–water partition coefficient (Wildman–Crippen LogP) is 2.83. The van der Waals surface area contributed by atoms with Gasteiger partial charge in [-0.15, -0.1) is 0 Å². The molecule has 3 rings (SSSR count). The SMILES string of the molecule is OC(CNCc1cccc(-n2cccn2)c1)c1ccccc1F. The van der Waals surface area contributed by atoms with Crippen molar-refractivity contribution in [2.75, 3.05) is 6.54 Å². The van der Waals surface area contributed by atoms with Crippen molar-refractivity contribution in [1.82, 2.24) is 15.1 Å². The first-order valence-corrected chi connectivity index (χ1v) is 7.46. The van der Waals surface area contributed by atoms with Gasteiger partial charge in [-0.1, -0.05) is 30.3 Å². The van der Waals surface area contributed by atoms with Crippen LogP contribution in [-0.2, 0) is 6.54 Å². The molecule has 0 spiro atoms. The normalized spacial score (nSPS) is 12.3. The minimum absolute atomic E-state index is 0.285. The van der Waals surface area contributed by atoms with Crippen LogP contribution in [0.25, 0.3) is 5.69 Å². The second kappa shape index (κ2) is 7.17. The van der Waals surface area contributed by atoms with Crippen molar-refractivity contribution < 1.29 is 9.50 Å². The maximum Gasteiger partial charge on any atom is 0.129 e. The van der Waals surface area contributed by atoms with Crippen molar-refractivity contribution in [3.8, 4) is 5.69 Å². The fourth-order valence-corrected chi connectivity index (χ4v) is 2.44. The molecule has 2 aromatic carbocycles. The van der Waals surface area contributed by atoms with Crippen molar-refractivity contribution in [3.63, 3.8) is 0 Å². The molecule has 3 aromatic rings. The number of nitrogens with one attached hydrogen (secondary N) is 1. The van der Waals surface area contributed by atoms with Crippen LogP contribution in [0.15, 0.2) is 67.0 Å². The zero-order chi connectivity index (χ0) is 16.1.